The van der Waals surface area contributed by atoms with Crippen LogP contribution in [0.1, 0.15) is 18.4 Å². The molecule has 1 aromatic rings. The van der Waals surface area contributed by atoms with E-state index in [1.165, 1.54) is 26.4 Å². The molecular weight excluding hydrogens is 274 g/mol. The Morgan fingerprint density at radius 2 is 2.05 bits per heavy atom. The molecule has 0 aliphatic heterocycles. The molecule has 0 amide bonds. The number of nitrogens with zero attached hydrogens (tertiary/aromatic N) is 1. The van der Waals surface area contributed by atoms with E-state index < -0.39 is 5.97 Å². The fourth-order valence-electron chi connectivity index (χ4n) is 1.49. The summed E-state index contributed by atoms with van der Waals surface area (Å²) in [5, 5.41) is 22.1. The van der Waals surface area contributed by atoms with Crippen LogP contribution in [0.3, 0.4) is 0 Å². The van der Waals surface area contributed by atoms with E-state index in [9.17, 15) is 9.90 Å². The van der Waals surface area contributed by atoms with E-state index in [1.807, 2.05) is 0 Å². The predicted molar refractivity (Wildman–Crippen MR) is 69.2 cm³/mol. The second-order valence-electron chi connectivity index (χ2n) is 3.63. The van der Waals surface area contributed by atoms with Crippen molar-refractivity contribution in [2.24, 2.45) is 5.16 Å². The standard InChI is InChI=1S/C12H14ClNO5/c1-18-11-6-10(15)7(5-8(11)13)9(14-17)3-4-12(16)19-2/h5-6,15,17H,3-4H2,1-2H3. The molecule has 0 atom stereocenters. The fourth-order valence-corrected chi connectivity index (χ4v) is 1.73. The van der Waals surface area contributed by atoms with Crippen molar-refractivity contribution in [2.45, 2.75) is 12.8 Å². The summed E-state index contributed by atoms with van der Waals surface area (Å²) in [6, 6.07) is 2.71. The zero-order chi connectivity index (χ0) is 14.4. The van der Waals surface area contributed by atoms with E-state index in [0.717, 1.165) is 0 Å². The van der Waals surface area contributed by atoms with Crippen molar-refractivity contribution in [2.75, 3.05) is 14.2 Å². The minimum absolute atomic E-state index is 0.0268. The number of benzene rings is 1. The van der Waals surface area contributed by atoms with Crippen molar-refractivity contribution in [1.82, 2.24) is 0 Å². The van der Waals surface area contributed by atoms with Crippen LogP contribution in [-0.2, 0) is 9.53 Å². The molecule has 7 heteroatoms. The highest BCUT2D eigenvalue weighted by Gasteiger charge is 2.15. The van der Waals surface area contributed by atoms with Crippen molar-refractivity contribution in [1.29, 1.82) is 0 Å². The number of rotatable bonds is 5. The molecule has 0 bridgehead atoms. The topological polar surface area (TPSA) is 88.4 Å². The highest BCUT2D eigenvalue weighted by atomic mass is 35.5. The summed E-state index contributed by atoms with van der Waals surface area (Å²) in [5.74, 6) is -0.299. The van der Waals surface area contributed by atoms with Crippen LogP contribution in [0.4, 0.5) is 0 Å². The number of halogens is 1. The third kappa shape index (κ3) is 3.75. The van der Waals surface area contributed by atoms with Crippen molar-refractivity contribution < 1.29 is 24.6 Å². The van der Waals surface area contributed by atoms with Gasteiger partial charge in [-0.25, -0.2) is 0 Å². The first-order valence-electron chi connectivity index (χ1n) is 5.38. The second-order valence-corrected chi connectivity index (χ2v) is 4.03. The maximum atomic E-state index is 11.0. The number of phenols is 1. The lowest BCUT2D eigenvalue weighted by Gasteiger charge is -2.10. The lowest BCUT2D eigenvalue weighted by molar-refractivity contribution is -0.140. The molecule has 19 heavy (non-hydrogen) atoms. The van der Waals surface area contributed by atoms with E-state index in [4.69, 9.17) is 21.5 Å². The van der Waals surface area contributed by atoms with Crippen molar-refractivity contribution in [3.63, 3.8) is 0 Å². The molecule has 6 nitrogen and oxygen atoms in total. The normalized spacial score (nSPS) is 11.2. The lowest BCUT2D eigenvalue weighted by Crippen LogP contribution is -2.07. The highest BCUT2D eigenvalue weighted by Crippen LogP contribution is 2.32. The Morgan fingerprint density at radius 1 is 1.37 bits per heavy atom. The number of ether oxygens (including phenoxy) is 2. The molecule has 0 spiro atoms. The Bertz CT molecular complexity index is 501. The Balaban J connectivity index is 3.00. The molecule has 0 heterocycles. The number of carbonyl (C=O) groups is 1. The van der Waals surface area contributed by atoms with Gasteiger partial charge in [0, 0.05) is 18.1 Å². The first-order chi connectivity index (χ1) is 9.03. The maximum absolute atomic E-state index is 11.0. The minimum Gasteiger partial charge on any atom is -0.507 e. The van der Waals surface area contributed by atoms with Gasteiger partial charge in [-0.3, -0.25) is 4.79 Å². The summed E-state index contributed by atoms with van der Waals surface area (Å²) < 4.78 is 9.43. The van der Waals surface area contributed by atoms with E-state index >= 15 is 0 Å². The van der Waals surface area contributed by atoms with Gasteiger partial charge in [0.2, 0.25) is 0 Å². The molecule has 104 valence electrons. The van der Waals surface area contributed by atoms with Gasteiger partial charge in [0.15, 0.2) is 0 Å². The molecule has 0 aliphatic rings. The van der Waals surface area contributed by atoms with Gasteiger partial charge in [-0.2, -0.15) is 0 Å². The summed E-state index contributed by atoms with van der Waals surface area (Å²) in [7, 11) is 2.68. The number of hydrogen-bond donors (Lipinski definition) is 2. The van der Waals surface area contributed by atoms with E-state index in [0.29, 0.717) is 5.75 Å². The lowest BCUT2D eigenvalue weighted by atomic mass is 10.0. The average Bonchev–Trinajstić information content (AvgIpc) is 2.42. The number of phenolic OH excluding ortho intramolecular Hbond substituents is 1. The smallest absolute Gasteiger partial charge is 0.305 e. The molecule has 0 saturated heterocycles. The Morgan fingerprint density at radius 3 is 2.58 bits per heavy atom. The van der Waals surface area contributed by atoms with Gasteiger partial charge in [-0.1, -0.05) is 16.8 Å². The van der Waals surface area contributed by atoms with Gasteiger partial charge in [0.1, 0.15) is 11.5 Å². The van der Waals surface area contributed by atoms with Crippen LogP contribution in [0.15, 0.2) is 17.3 Å². The van der Waals surface area contributed by atoms with E-state index in [-0.39, 0.29) is 34.9 Å². The number of carbonyl (C=O) groups excluding carboxylic acids is 1. The molecule has 0 saturated carbocycles. The van der Waals surface area contributed by atoms with E-state index in [2.05, 4.69) is 9.89 Å². The summed E-state index contributed by atoms with van der Waals surface area (Å²) in [4.78, 5) is 11.0. The number of methoxy groups -OCH3 is 2. The third-order valence-electron chi connectivity index (χ3n) is 2.50. The molecule has 0 unspecified atom stereocenters. The predicted octanol–water partition coefficient (Wildman–Crippen LogP) is 2.19. The first-order valence-corrected chi connectivity index (χ1v) is 5.75. The number of aromatic hydroxyl groups is 1. The molecule has 1 rings (SSSR count). The second kappa shape index (κ2) is 6.84. The number of esters is 1. The van der Waals surface area contributed by atoms with Gasteiger partial charge < -0.3 is 19.8 Å². The minimum atomic E-state index is -0.444. The maximum Gasteiger partial charge on any atom is 0.305 e. The van der Waals surface area contributed by atoms with Gasteiger partial charge in [-0.15, -0.1) is 0 Å². The average molecular weight is 288 g/mol. The SMILES string of the molecule is COC(=O)CCC(=NO)c1cc(Cl)c(OC)cc1O. The van der Waals surface area contributed by atoms with Crippen LogP contribution < -0.4 is 4.74 Å². The summed E-state index contributed by atoms with van der Waals surface area (Å²) in [6.07, 6.45) is 0.137. The van der Waals surface area contributed by atoms with Crippen LogP contribution in [-0.4, -0.2) is 36.2 Å². The Hall–Kier alpha value is -1.95. The largest absolute Gasteiger partial charge is 0.507 e. The summed E-state index contributed by atoms with van der Waals surface area (Å²) in [5.41, 5.74) is 0.365. The van der Waals surface area contributed by atoms with Gasteiger partial charge >= 0.3 is 5.97 Å². The molecule has 0 radical (unpaired) electrons. The van der Waals surface area contributed by atoms with Crippen LogP contribution in [0.5, 0.6) is 11.5 Å². The van der Waals surface area contributed by atoms with E-state index in [1.54, 1.807) is 0 Å². The molecule has 0 aromatic heterocycles. The quantitative estimate of drug-likeness (QED) is 0.375. The Labute approximate surface area is 115 Å². The summed E-state index contributed by atoms with van der Waals surface area (Å²) in [6.45, 7) is 0. The molecular formula is C12H14ClNO5. The van der Waals surface area contributed by atoms with Crippen LogP contribution in [0.2, 0.25) is 5.02 Å². The van der Waals surface area contributed by atoms with Crippen LogP contribution >= 0.6 is 11.6 Å². The zero-order valence-electron chi connectivity index (χ0n) is 10.5. The van der Waals surface area contributed by atoms with Gasteiger partial charge in [0.05, 0.1) is 31.4 Å². The van der Waals surface area contributed by atoms with Crippen molar-refractivity contribution in [3.8, 4) is 11.5 Å². The number of oxime groups is 1. The summed E-state index contributed by atoms with van der Waals surface area (Å²) >= 11 is 5.93. The van der Waals surface area contributed by atoms with Crippen LogP contribution in [0, 0.1) is 0 Å². The monoisotopic (exact) mass is 287 g/mol. The van der Waals surface area contributed by atoms with Crippen LogP contribution in [0.25, 0.3) is 0 Å². The molecule has 2 N–H and O–H groups in total. The molecule has 1 aromatic carbocycles. The van der Waals surface area contributed by atoms with Gasteiger partial charge in [0.25, 0.3) is 0 Å². The fraction of sp³-hybridized carbons (Fsp3) is 0.333. The highest BCUT2D eigenvalue weighted by molar-refractivity contribution is 6.32. The molecule has 0 fully saturated rings. The van der Waals surface area contributed by atoms with Gasteiger partial charge in [-0.05, 0) is 6.07 Å². The first kappa shape index (κ1) is 15.1. The molecule has 0 aliphatic carbocycles. The zero-order valence-corrected chi connectivity index (χ0v) is 11.3. The Kier molecular flexibility index (Phi) is 5.44. The number of hydrogen-bond acceptors (Lipinski definition) is 6. The van der Waals surface area contributed by atoms with Crippen molar-refractivity contribution in [3.05, 3.63) is 22.7 Å². The third-order valence-corrected chi connectivity index (χ3v) is 2.79. The van der Waals surface area contributed by atoms with Crippen molar-refractivity contribution >= 4 is 23.3 Å².